The number of ether oxygens (including phenoxy) is 2. The number of benzene rings is 1. The number of carbonyl (C=O) groups excluding carboxylic acids is 1. The molecule has 2 aliphatic rings. The molecule has 0 saturated heterocycles. The third-order valence-electron chi connectivity index (χ3n) is 6.11. The Morgan fingerprint density at radius 2 is 1.79 bits per heavy atom. The second kappa shape index (κ2) is 8.16. The number of Topliss-reactive ketones (excluding diaryl/α,β-unsaturated/α-hetero) is 1. The Hall–Kier alpha value is -1.39. The van der Waals surface area contributed by atoms with Gasteiger partial charge < -0.3 is 0 Å². The van der Waals surface area contributed by atoms with Crippen molar-refractivity contribution in [2.45, 2.75) is 44.7 Å². The van der Waals surface area contributed by atoms with Gasteiger partial charge in [0.25, 0.3) is 0 Å². The molecule has 0 spiro atoms. The number of methoxy groups -OCH3 is 2. The molecule has 0 radical (unpaired) electrons. The SMILES string of the molecule is COC(CC1=C[C@@]2(C)C=CCC(C)(C)[C@H]2C([Se](=O)c2ccccc2)C1=O)OC. The molecule has 2 aliphatic carbocycles. The molecule has 152 valence electrons. The molecular formula is C23H30O4Se. The Balaban J connectivity index is 2.11. The van der Waals surface area contributed by atoms with Crippen LogP contribution < -0.4 is 4.46 Å². The second-order valence-corrected chi connectivity index (χ2v) is 11.9. The van der Waals surface area contributed by atoms with Crippen LogP contribution in [0.15, 0.2) is 54.1 Å². The fourth-order valence-corrected chi connectivity index (χ4v) is 9.01. The zero-order valence-electron chi connectivity index (χ0n) is 17.3. The first kappa shape index (κ1) is 21.3. The van der Waals surface area contributed by atoms with Crippen molar-refractivity contribution in [2.24, 2.45) is 16.7 Å². The summed E-state index contributed by atoms with van der Waals surface area (Å²) in [6.45, 7) is 6.54. The first-order valence-electron chi connectivity index (χ1n) is 9.68. The normalized spacial score (nSPS) is 30.1. The predicted molar refractivity (Wildman–Crippen MR) is 111 cm³/mol. The van der Waals surface area contributed by atoms with Gasteiger partial charge in [-0.25, -0.2) is 0 Å². The van der Waals surface area contributed by atoms with Gasteiger partial charge in [-0.05, 0) is 0 Å². The molecule has 0 bridgehead atoms. The number of rotatable bonds is 6. The molecule has 1 aromatic rings. The molecule has 0 aromatic heterocycles. The van der Waals surface area contributed by atoms with E-state index < -0.39 is 24.9 Å². The summed E-state index contributed by atoms with van der Waals surface area (Å²) in [7, 11) is 3.14. The number of carbonyl (C=O) groups is 1. The molecule has 2 unspecified atom stereocenters. The average Bonchev–Trinajstić information content (AvgIpc) is 2.67. The van der Waals surface area contributed by atoms with Crippen molar-refractivity contribution >= 4 is 24.1 Å². The number of fused-ring (bicyclic) bond motifs is 1. The first-order chi connectivity index (χ1) is 13.2. The van der Waals surface area contributed by atoms with E-state index in [1.54, 1.807) is 14.2 Å². The van der Waals surface area contributed by atoms with E-state index in [4.69, 9.17) is 9.47 Å². The van der Waals surface area contributed by atoms with Crippen LogP contribution in [0.2, 0.25) is 4.82 Å². The molecule has 4 nitrogen and oxygen atoms in total. The van der Waals surface area contributed by atoms with Crippen LogP contribution in [0.5, 0.6) is 0 Å². The van der Waals surface area contributed by atoms with Crippen LogP contribution in [0, 0.1) is 16.7 Å². The third-order valence-corrected chi connectivity index (χ3v) is 9.65. The van der Waals surface area contributed by atoms with Crippen molar-refractivity contribution in [3.63, 3.8) is 0 Å². The van der Waals surface area contributed by atoms with Gasteiger partial charge >= 0.3 is 172 Å². The van der Waals surface area contributed by atoms with Gasteiger partial charge in [-0.3, -0.25) is 0 Å². The number of ketones is 1. The minimum atomic E-state index is -2.61. The van der Waals surface area contributed by atoms with E-state index >= 15 is 0 Å². The van der Waals surface area contributed by atoms with E-state index in [0.29, 0.717) is 12.0 Å². The van der Waals surface area contributed by atoms with Gasteiger partial charge in [0, 0.05) is 0 Å². The summed E-state index contributed by atoms with van der Waals surface area (Å²) in [5, 5.41) is 0. The molecule has 0 N–H and O–H groups in total. The maximum atomic E-state index is 13.7. The van der Waals surface area contributed by atoms with Crippen LogP contribution in [0.3, 0.4) is 0 Å². The van der Waals surface area contributed by atoms with Crippen molar-refractivity contribution in [1.29, 1.82) is 0 Å². The van der Waals surface area contributed by atoms with Crippen LogP contribution in [0.25, 0.3) is 0 Å². The van der Waals surface area contributed by atoms with Crippen LogP contribution in [-0.4, -0.2) is 40.1 Å². The van der Waals surface area contributed by atoms with E-state index in [0.717, 1.165) is 10.9 Å². The van der Waals surface area contributed by atoms with E-state index in [2.05, 4.69) is 39.0 Å². The van der Waals surface area contributed by atoms with E-state index in [-0.39, 0.29) is 22.5 Å². The van der Waals surface area contributed by atoms with Crippen LogP contribution >= 0.6 is 0 Å². The Kier molecular flexibility index (Phi) is 6.21. The molecule has 5 heteroatoms. The number of allylic oxidation sites excluding steroid dienone is 3. The molecule has 0 amide bonds. The zero-order chi connectivity index (χ0) is 20.5. The van der Waals surface area contributed by atoms with E-state index in [1.165, 1.54) is 0 Å². The monoisotopic (exact) mass is 450 g/mol. The molecule has 0 saturated carbocycles. The standard InChI is InChI=1S/C23H30O4Se/c1-22(2)12-9-13-23(3)15-16(14-18(26-4)27-5)19(24)20(21(22)23)28(25)17-10-7-6-8-11-17/h6-11,13,15,18,20-21H,12,14H2,1-5H3/t20?,21-,23-,28?/m1/s1. The van der Waals surface area contributed by atoms with Gasteiger partial charge in [0.15, 0.2) is 0 Å². The summed E-state index contributed by atoms with van der Waals surface area (Å²) < 4.78 is 25.2. The summed E-state index contributed by atoms with van der Waals surface area (Å²) in [5.41, 5.74) is 0.234. The Morgan fingerprint density at radius 3 is 2.39 bits per heavy atom. The molecule has 28 heavy (non-hydrogen) atoms. The Bertz CT molecular complexity index is 807. The Morgan fingerprint density at radius 1 is 1.14 bits per heavy atom. The summed E-state index contributed by atoms with van der Waals surface area (Å²) >= 11 is -2.61. The van der Waals surface area contributed by atoms with Gasteiger partial charge in [0.2, 0.25) is 0 Å². The first-order valence-corrected chi connectivity index (χ1v) is 12.2. The predicted octanol–water partition coefficient (Wildman–Crippen LogP) is 3.81. The van der Waals surface area contributed by atoms with Crippen molar-refractivity contribution in [3.05, 3.63) is 54.1 Å². The summed E-state index contributed by atoms with van der Waals surface area (Å²) in [5.74, 6) is -0.0127. The fourth-order valence-electron chi connectivity index (χ4n) is 4.87. The molecule has 0 aliphatic heterocycles. The second-order valence-electron chi connectivity index (χ2n) is 8.61. The quantitative estimate of drug-likeness (QED) is 0.377. The summed E-state index contributed by atoms with van der Waals surface area (Å²) in [6.07, 6.45) is 7.23. The van der Waals surface area contributed by atoms with E-state index in [9.17, 15) is 8.63 Å². The fraction of sp³-hybridized carbons (Fsp3) is 0.522. The summed E-state index contributed by atoms with van der Waals surface area (Å²) in [4.78, 5) is 13.1. The maximum absolute atomic E-state index is 13.7. The van der Waals surface area contributed by atoms with Crippen LogP contribution in [0.4, 0.5) is 0 Å². The molecule has 0 heterocycles. The van der Waals surface area contributed by atoms with Crippen molar-refractivity contribution in [2.75, 3.05) is 14.2 Å². The van der Waals surface area contributed by atoms with Gasteiger partial charge in [0.05, 0.1) is 0 Å². The molecule has 4 atom stereocenters. The summed E-state index contributed by atoms with van der Waals surface area (Å²) in [6, 6.07) is 9.48. The third kappa shape index (κ3) is 3.86. The van der Waals surface area contributed by atoms with Gasteiger partial charge in [-0.2, -0.15) is 0 Å². The van der Waals surface area contributed by atoms with Crippen molar-refractivity contribution < 1.29 is 18.1 Å². The molecule has 0 fully saturated rings. The topological polar surface area (TPSA) is 52.6 Å². The van der Waals surface area contributed by atoms with Crippen molar-refractivity contribution in [1.82, 2.24) is 0 Å². The zero-order valence-corrected chi connectivity index (χ0v) is 19.0. The van der Waals surface area contributed by atoms with Crippen molar-refractivity contribution in [3.8, 4) is 0 Å². The minimum absolute atomic E-state index is 0.00574. The number of hydrogen-bond acceptors (Lipinski definition) is 4. The van der Waals surface area contributed by atoms with Gasteiger partial charge in [0.1, 0.15) is 0 Å². The average molecular weight is 449 g/mol. The van der Waals surface area contributed by atoms with E-state index in [1.807, 2.05) is 30.3 Å². The van der Waals surface area contributed by atoms with Gasteiger partial charge in [-0.15, -0.1) is 0 Å². The molecular weight excluding hydrogens is 419 g/mol. The molecule has 3 rings (SSSR count). The van der Waals surface area contributed by atoms with Gasteiger partial charge in [-0.1, -0.05) is 0 Å². The molecule has 1 aromatic carbocycles. The Labute approximate surface area is 172 Å². The number of hydrogen-bond donors (Lipinski definition) is 0. The van der Waals surface area contributed by atoms with Crippen LogP contribution in [-0.2, 0) is 18.1 Å². The van der Waals surface area contributed by atoms with Crippen LogP contribution in [0.1, 0.15) is 33.6 Å².